The van der Waals surface area contributed by atoms with Crippen molar-refractivity contribution in [2.45, 2.75) is 0 Å². The lowest BCUT2D eigenvalue weighted by molar-refractivity contribution is 1.18. The second kappa shape index (κ2) is 4.60. The lowest BCUT2D eigenvalue weighted by Crippen LogP contribution is -1.93. The van der Waals surface area contributed by atoms with Crippen molar-refractivity contribution in [3.63, 3.8) is 0 Å². The Morgan fingerprint density at radius 1 is 0.667 bits per heavy atom. The van der Waals surface area contributed by atoms with Gasteiger partial charge in [0.05, 0.1) is 11.0 Å². The van der Waals surface area contributed by atoms with Crippen LogP contribution in [0.2, 0.25) is 0 Å². The van der Waals surface area contributed by atoms with E-state index in [4.69, 9.17) is 5.41 Å². The molecule has 100 valence electrons. The third-order valence-electron chi connectivity index (χ3n) is 3.90. The Hall–Kier alpha value is -2.87. The van der Waals surface area contributed by atoms with Gasteiger partial charge in [-0.1, -0.05) is 48.5 Å². The van der Waals surface area contributed by atoms with Gasteiger partial charge in [0.1, 0.15) is 0 Å². The van der Waals surface area contributed by atoms with Gasteiger partial charge >= 0.3 is 0 Å². The first-order chi connectivity index (χ1) is 10.4. The largest absolute Gasteiger partial charge is 0.309 e. The predicted octanol–water partition coefficient (Wildman–Crippen LogP) is 4.78. The van der Waals surface area contributed by atoms with Crippen molar-refractivity contribution in [3.8, 4) is 5.69 Å². The highest BCUT2D eigenvalue weighted by Crippen LogP contribution is 2.31. The smallest absolute Gasteiger partial charge is 0.0541 e. The molecular weight excluding hydrogens is 256 g/mol. The second-order valence-electron chi connectivity index (χ2n) is 5.11. The lowest BCUT2D eigenvalue weighted by atomic mass is 10.2. The average molecular weight is 270 g/mol. The van der Waals surface area contributed by atoms with Crippen LogP contribution in [0.3, 0.4) is 0 Å². The molecule has 0 aliphatic rings. The maximum Gasteiger partial charge on any atom is 0.0541 e. The molecule has 2 nitrogen and oxygen atoms in total. The first kappa shape index (κ1) is 11.9. The topological polar surface area (TPSA) is 28.8 Å². The normalized spacial score (nSPS) is 11.0. The molecule has 0 aliphatic carbocycles. The molecule has 4 rings (SSSR count). The highest BCUT2D eigenvalue weighted by molar-refractivity contribution is 6.09. The highest BCUT2D eigenvalue weighted by Gasteiger charge is 2.10. The van der Waals surface area contributed by atoms with Crippen molar-refractivity contribution in [2.75, 3.05) is 0 Å². The number of nitrogens with one attached hydrogen (secondary N) is 1. The average Bonchev–Trinajstić information content (AvgIpc) is 2.90. The number of benzene rings is 3. The maximum atomic E-state index is 7.32. The van der Waals surface area contributed by atoms with Crippen LogP contribution in [0, 0.1) is 5.41 Å². The molecule has 0 spiro atoms. The Morgan fingerprint density at radius 2 is 1.19 bits per heavy atom. The Bertz CT molecular complexity index is 893. The van der Waals surface area contributed by atoms with Gasteiger partial charge in [0.15, 0.2) is 0 Å². The van der Waals surface area contributed by atoms with Gasteiger partial charge in [-0.15, -0.1) is 0 Å². The monoisotopic (exact) mass is 270 g/mol. The van der Waals surface area contributed by atoms with Crippen molar-refractivity contribution < 1.29 is 0 Å². The van der Waals surface area contributed by atoms with Gasteiger partial charge in [-0.25, -0.2) is 0 Å². The van der Waals surface area contributed by atoms with Gasteiger partial charge in [0.2, 0.25) is 0 Å². The number of hydrogen-bond donors (Lipinski definition) is 1. The fourth-order valence-electron chi connectivity index (χ4n) is 2.92. The van der Waals surface area contributed by atoms with Crippen molar-refractivity contribution in [2.24, 2.45) is 0 Å². The molecule has 0 bridgehead atoms. The lowest BCUT2D eigenvalue weighted by Gasteiger charge is -2.07. The molecular formula is C19H14N2. The van der Waals surface area contributed by atoms with Crippen LogP contribution < -0.4 is 0 Å². The third kappa shape index (κ3) is 1.77. The highest BCUT2D eigenvalue weighted by atomic mass is 15.0. The molecule has 1 aromatic heterocycles. The minimum Gasteiger partial charge on any atom is -0.309 e. The molecule has 2 heteroatoms. The van der Waals surface area contributed by atoms with Gasteiger partial charge in [-0.05, 0) is 29.8 Å². The number of rotatable bonds is 2. The fourth-order valence-corrected chi connectivity index (χ4v) is 2.92. The first-order valence-electron chi connectivity index (χ1n) is 6.97. The standard InChI is InChI=1S/C19H14N2/c20-13-14-9-11-15(12-10-14)21-18-7-3-1-5-16(18)17-6-2-4-8-19(17)21/h1-13,20H. The van der Waals surface area contributed by atoms with E-state index in [1.54, 1.807) is 0 Å². The van der Waals surface area contributed by atoms with Crippen LogP contribution in [-0.4, -0.2) is 10.8 Å². The number of aromatic nitrogens is 1. The van der Waals surface area contributed by atoms with Gasteiger partial charge in [0.25, 0.3) is 0 Å². The Kier molecular flexibility index (Phi) is 2.61. The van der Waals surface area contributed by atoms with Crippen molar-refractivity contribution in [1.29, 1.82) is 5.41 Å². The maximum absolute atomic E-state index is 7.32. The summed E-state index contributed by atoms with van der Waals surface area (Å²) in [5.74, 6) is 0. The molecule has 4 aromatic rings. The van der Waals surface area contributed by atoms with Crippen LogP contribution in [0.25, 0.3) is 27.5 Å². The number of hydrogen-bond acceptors (Lipinski definition) is 1. The summed E-state index contributed by atoms with van der Waals surface area (Å²) in [6.45, 7) is 0. The van der Waals surface area contributed by atoms with Gasteiger partial charge in [0, 0.05) is 22.7 Å². The van der Waals surface area contributed by atoms with Crippen molar-refractivity contribution in [1.82, 2.24) is 4.57 Å². The molecule has 0 aliphatic heterocycles. The minimum atomic E-state index is 0.916. The Morgan fingerprint density at radius 3 is 1.71 bits per heavy atom. The molecule has 0 unspecified atom stereocenters. The van der Waals surface area contributed by atoms with Gasteiger partial charge < -0.3 is 9.98 Å². The summed E-state index contributed by atoms with van der Waals surface area (Å²) in [7, 11) is 0. The zero-order chi connectivity index (χ0) is 14.2. The van der Waals surface area contributed by atoms with Crippen LogP contribution in [0.1, 0.15) is 5.56 Å². The van der Waals surface area contributed by atoms with Crippen LogP contribution in [0.4, 0.5) is 0 Å². The van der Waals surface area contributed by atoms with E-state index in [1.807, 2.05) is 12.1 Å². The van der Waals surface area contributed by atoms with Crippen molar-refractivity contribution in [3.05, 3.63) is 78.4 Å². The zero-order valence-electron chi connectivity index (χ0n) is 11.5. The summed E-state index contributed by atoms with van der Waals surface area (Å²) in [5, 5.41) is 9.85. The van der Waals surface area contributed by atoms with Crippen molar-refractivity contribution >= 4 is 28.0 Å². The molecule has 0 saturated heterocycles. The summed E-state index contributed by atoms with van der Waals surface area (Å²) < 4.78 is 2.28. The third-order valence-corrected chi connectivity index (χ3v) is 3.90. The Labute approximate surface area is 122 Å². The number of nitrogens with zero attached hydrogens (tertiary/aromatic N) is 1. The summed E-state index contributed by atoms with van der Waals surface area (Å²) in [6.07, 6.45) is 1.37. The number of fused-ring (bicyclic) bond motifs is 3. The summed E-state index contributed by atoms with van der Waals surface area (Å²) >= 11 is 0. The van der Waals surface area contributed by atoms with E-state index in [9.17, 15) is 0 Å². The molecule has 0 fully saturated rings. The van der Waals surface area contributed by atoms with E-state index in [0.29, 0.717) is 0 Å². The van der Waals surface area contributed by atoms with Crippen LogP contribution in [0.5, 0.6) is 0 Å². The van der Waals surface area contributed by atoms with E-state index in [-0.39, 0.29) is 0 Å². The van der Waals surface area contributed by atoms with Crippen LogP contribution in [0.15, 0.2) is 72.8 Å². The van der Waals surface area contributed by atoms with E-state index in [0.717, 1.165) is 11.3 Å². The summed E-state index contributed by atoms with van der Waals surface area (Å²) in [5.41, 5.74) is 4.46. The quantitative estimate of drug-likeness (QED) is 0.508. The molecule has 0 saturated carbocycles. The fraction of sp³-hybridized carbons (Fsp3) is 0. The van der Waals surface area contributed by atoms with E-state index >= 15 is 0 Å². The summed E-state index contributed by atoms with van der Waals surface area (Å²) in [6, 6.07) is 25.0. The molecule has 1 N–H and O–H groups in total. The molecule has 3 aromatic carbocycles. The summed E-state index contributed by atoms with van der Waals surface area (Å²) in [4.78, 5) is 0. The molecule has 1 heterocycles. The van der Waals surface area contributed by atoms with Crippen LogP contribution >= 0.6 is 0 Å². The Balaban J connectivity index is 2.11. The number of para-hydroxylation sites is 2. The SMILES string of the molecule is N=Cc1ccc(-n2c3ccccc3c3ccccc32)cc1. The van der Waals surface area contributed by atoms with E-state index < -0.39 is 0 Å². The van der Waals surface area contributed by atoms with Crippen LogP contribution in [-0.2, 0) is 0 Å². The molecule has 0 atom stereocenters. The van der Waals surface area contributed by atoms with E-state index in [1.165, 1.54) is 28.0 Å². The molecule has 21 heavy (non-hydrogen) atoms. The second-order valence-corrected chi connectivity index (χ2v) is 5.11. The van der Waals surface area contributed by atoms with Gasteiger partial charge in [-0.3, -0.25) is 0 Å². The predicted molar refractivity (Wildman–Crippen MR) is 88.7 cm³/mol. The zero-order valence-corrected chi connectivity index (χ0v) is 11.5. The molecule has 0 radical (unpaired) electrons. The first-order valence-corrected chi connectivity index (χ1v) is 6.97. The minimum absolute atomic E-state index is 0.916. The van der Waals surface area contributed by atoms with Gasteiger partial charge in [-0.2, -0.15) is 0 Å². The molecule has 0 amide bonds. The van der Waals surface area contributed by atoms with E-state index in [2.05, 4.69) is 65.2 Å².